The van der Waals surface area contributed by atoms with Gasteiger partial charge in [0.05, 0.1) is 0 Å². The summed E-state index contributed by atoms with van der Waals surface area (Å²) in [5.41, 5.74) is 0.105. The molecule has 1 aromatic carbocycles. The Morgan fingerprint density at radius 1 is 0.889 bits per heavy atom. The lowest BCUT2D eigenvalue weighted by atomic mass is 9.74. The van der Waals surface area contributed by atoms with Gasteiger partial charge in [-0.25, -0.2) is 0 Å². The topological polar surface area (TPSA) is 18.5 Å². The minimum absolute atomic E-state index is 0.0527. The average Bonchev–Trinajstić information content (AvgIpc) is 2.23. The molecule has 99 valence electrons. The Kier molecular flexibility index (Phi) is 4.49. The second-order valence-corrected chi connectivity index (χ2v) is 6.98. The highest BCUT2D eigenvalue weighted by Crippen LogP contribution is 2.39. The van der Waals surface area contributed by atoms with E-state index in [4.69, 9.17) is 9.16 Å². The fourth-order valence-corrected chi connectivity index (χ4v) is 2.58. The molecule has 0 heterocycles. The predicted octanol–water partition coefficient (Wildman–Crippen LogP) is 3.99. The summed E-state index contributed by atoms with van der Waals surface area (Å²) in [6, 6.07) is 7.68. The molecule has 0 unspecified atom stereocenters. The lowest BCUT2D eigenvalue weighted by molar-refractivity contribution is -0.00266. The van der Waals surface area contributed by atoms with Crippen molar-refractivity contribution >= 4 is 10.5 Å². The first-order chi connectivity index (χ1) is 8.16. The second kappa shape index (κ2) is 5.35. The molecule has 0 saturated carbocycles. The summed E-state index contributed by atoms with van der Waals surface area (Å²) in [4.78, 5) is 0. The van der Waals surface area contributed by atoms with Gasteiger partial charge in [-0.15, -0.1) is 0 Å². The van der Waals surface area contributed by atoms with Gasteiger partial charge in [0.2, 0.25) is 0 Å². The molecule has 0 bridgehead atoms. The summed E-state index contributed by atoms with van der Waals surface area (Å²) in [6.45, 7) is 13.2. The van der Waals surface area contributed by atoms with Crippen molar-refractivity contribution in [2.75, 3.05) is 0 Å². The maximum Gasteiger partial charge on any atom is 0.341 e. The normalized spacial score (nSPS) is 12.7. The Hall–Kier alpha value is -0.963. The van der Waals surface area contributed by atoms with Crippen molar-refractivity contribution in [3.8, 4) is 11.5 Å². The van der Waals surface area contributed by atoms with E-state index in [1.165, 1.54) is 0 Å². The molecule has 0 aliphatic carbocycles. The molecule has 1 rings (SSSR count). The van der Waals surface area contributed by atoms with Crippen molar-refractivity contribution in [1.29, 1.82) is 0 Å². The van der Waals surface area contributed by atoms with Crippen molar-refractivity contribution in [2.45, 2.75) is 47.6 Å². The van der Waals surface area contributed by atoms with E-state index >= 15 is 0 Å². The molecule has 0 N–H and O–H groups in total. The molecular formula is C15H23O2Si. The van der Waals surface area contributed by atoms with Crippen LogP contribution in [0.15, 0.2) is 24.3 Å². The maximum atomic E-state index is 6.21. The molecule has 0 aromatic heterocycles. The van der Waals surface area contributed by atoms with Gasteiger partial charge in [-0.3, -0.25) is 0 Å². The molecule has 0 spiro atoms. The van der Waals surface area contributed by atoms with Gasteiger partial charge >= 0.3 is 10.5 Å². The van der Waals surface area contributed by atoms with Crippen molar-refractivity contribution < 1.29 is 9.16 Å². The molecule has 3 heteroatoms. The standard InChI is InChI=1S/C15H23O2Si/c1-14(2,3)13(15(4,5)6)16-11-9-7-8-10-12(11)17-18/h7-10,13H,1-6H3. The van der Waals surface area contributed by atoms with Gasteiger partial charge < -0.3 is 9.16 Å². The number of hydrogen-bond acceptors (Lipinski definition) is 2. The van der Waals surface area contributed by atoms with E-state index in [0.717, 1.165) is 5.75 Å². The molecule has 0 aliphatic heterocycles. The molecule has 0 aliphatic rings. The zero-order valence-corrected chi connectivity index (χ0v) is 13.2. The van der Waals surface area contributed by atoms with Crippen molar-refractivity contribution in [1.82, 2.24) is 0 Å². The highest BCUT2D eigenvalue weighted by molar-refractivity contribution is 6.00. The monoisotopic (exact) mass is 263 g/mol. The molecule has 18 heavy (non-hydrogen) atoms. The van der Waals surface area contributed by atoms with Crippen molar-refractivity contribution in [3.63, 3.8) is 0 Å². The van der Waals surface area contributed by atoms with Gasteiger partial charge in [0, 0.05) is 0 Å². The second-order valence-electron chi connectivity index (χ2n) is 6.78. The lowest BCUT2D eigenvalue weighted by Crippen LogP contribution is -2.42. The predicted molar refractivity (Wildman–Crippen MR) is 76.2 cm³/mol. The van der Waals surface area contributed by atoms with Gasteiger partial charge in [0.1, 0.15) is 11.9 Å². The van der Waals surface area contributed by atoms with E-state index < -0.39 is 0 Å². The van der Waals surface area contributed by atoms with Gasteiger partial charge in [0.25, 0.3) is 0 Å². The maximum absolute atomic E-state index is 6.21. The van der Waals surface area contributed by atoms with Gasteiger partial charge in [-0.2, -0.15) is 0 Å². The van der Waals surface area contributed by atoms with Crippen LogP contribution >= 0.6 is 0 Å². The first-order valence-electron chi connectivity index (χ1n) is 6.25. The summed E-state index contributed by atoms with van der Waals surface area (Å²) in [5.74, 6) is 1.47. The molecule has 1 aromatic rings. The van der Waals surface area contributed by atoms with Crippen LogP contribution in [0.25, 0.3) is 0 Å². The summed E-state index contributed by atoms with van der Waals surface area (Å²) in [5, 5.41) is 0. The van der Waals surface area contributed by atoms with E-state index in [2.05, 4.69) is 52.0 Å². The zero-order chi connectivity index (χ0) is 14.0. The minimum atomic E-state index is 0.0527. The van der Waals surface area contributed by atoms with Gasteiger partial charge in [-0.1, -0.05) is 53.7 Å². The van der Waals surface area contributed by atoms with Crippen molar-refractivity contribution in [3.05, 3.63) is 24.3 Å². The third kappa shape index (κ3) is 3.77. The quantitative estimate of drug-likeness (QED) is 0.768. The molecule has 0 fully saturated rings. The van der Waals surface area contributed by atoms with Crippen LogP contribution in [0.4, 0.5) is 0 Å². The van der Waals surface area contributed by atoms with Crippen LogP contribution < -0.4 is 9.16 Å². The fourth-order valence-electron chi connectivity index (χ4n) is 2.41. The lowest BCUT2D eigenvalue weighted by Gasteiger charge is -2.40. The molecule has 0 amide bonds. The van der Waals surface area contributed by atoms with Crippen LogP contribution in [-0.2, 0) is 0 Å². The van der Waals surface area contributed by atoms with E-state index in [1.807, 2.05) is 24.3 Å². The number of rotatable bonds is 3. The van der Waals surface area contributed by atoms with Crippen LogP contribution in [0.5, 0.6) is 11.5 Å². The van der Waals surface area contributed by atoms with Crippen molar-refractivity contribution in [2.24, 2.45) is 10.8 Å². The van der Waals surface area contributed by atoms with E-state index in [9.17, 15) is 0 Å². The first kappa shape index (κ1) is 15.1. The Bertz CT molecular complexity index is 374. The summed E-state index contributed by atoms with van der Waals surface area (Å²) < 4.78 is 11.4. The van der Waals surface area contributed by atoms with E-state index in [0.29, 0.717) is 5.75 Å². The van der Waals surface area contributed by atoms with Crippen LogP contribution in [0.2, 0.25) is 0 Å². The van der Waals surface area contributed by atoms with Crippen LogP contribution in [-0.4, -0.2) is 16.6 Å². The highest BCUT2D eigenvalue weighted by atomic mass is 28.2. The van der Waals surface area contributed by atoms with Crippen LogP contribution in [0.3, 0.4) is 0 Å². The molecular weight excluding hydrogens is 240 g/mol. The van der Waals surface area contributed by atoms with Gasteiger partial charge in [0.15, 0.2) is 5.75 Å². The average molecular weight is 263 g/mol. The number of para-hydroxylation sites is 2. The smallest absolute Gasteiger partial charge is 0.341 e. The Morgan fingerprint density at radius 3 is 1.72 bits per heavy atom. The van der Waals surface area contributed by atoms with Crippen LogP contribution in [0.1, 0.15) is 41.5 Å². The molecule has 0 saturated heterocycles. The number of ether oxygens (including phenoxy) is 1. The number of hydrogen-bond donors (Lipinski definition) is 0. The molecule has 0 atom stereocenters. The van der Waals surface area contributed by atoms with Crippen LogP contribution in [0, 0.1) is 10.8 Å². The van der Waals surface area contributed by atoms with E-state index in [1.54, 1.807) is 0 Å². The minimum Gasteiger partial charge on any atom is -0.538 e. The Morgan fingerprint density at radius 2 is 1.33 bits per heavy atom. The Balaban J connectivity index is 3.05. The first-order valence-corrected chi connectivity index (χ1v) is 6.66. The summed E-state index contributed by atoms with van der Waals surface area (Å²) in [6.07, 6.45) is 0.0907. The summed E-state index contributed by atoms with van der Waals surface area (Å²) in [7, 11) is 3.07. The third-order valence-corrected chi connectivity index (χ3v) is 3.00. The Labute approximate surface area is 114 Å². The molecule has 2 nitrogen and oxygen atoms in total. The zero-order valence-electron chi connectivity index (χ0n) is 12.2. The highest BCUT2D eigenvalue weighted by Gasteiger charge is 2.37. The summed E-state index contributed by atoms with van der Waals surface area (Å²) >= 11 is 0. The van der Waals surface area contributed by atoms with Gasteiger partial charge in [-0.05, 0) is 23.0 Å². The SMILES string of the molecule is CC(C)(C)C(Oc1ccccc1O[Si])C(C)(C)C. The largest absolute Gasteiger partial charge is 0.538 e. The number of benzene rings is 1. The third-order valence-electron chi connectivity index (χ3n) is 2.78. The van der Waals surface area contributed by atoms with E-state index in [-0.39, 0.29) is 16.9 Å². The molecule has 3 radical (unpaired) electrons. The fraction of sp³-hybridized carbons (Fsp3) is 0.600.